The van der Waals surface area contributed by atoms with E-state index in [4.69, 9.17) is 0 Å². The number of hydrogen-bond acceptors (Lipinski definition) is 3. The molecule has 24 heavy (non-hydrogen) atoms. The zero-order chi connectivity index (χ0) is 17.4. The molecule has 2 aromatic rings. The van der Waals surface area contributed by atoms with Crippen LogP contribution in [0.5, 0.6) is 0 Å². The van der Waals surface area contributed by atoms with Crippen LogP contribution in [0.15, 0.2) is 60.7 Å². The van der Waals surface area contributed by atoms with Crippen molar-refractivity contribution in [1.82, 2.24) is 15.5 Å². The van der Waals surface area contributed by atoms with Gasteiger partial charge in [-0.3, -0.25) is 15.0 Å². The molecule has 0 saturated carbocycles. The molecule has 0 fully saturated rings. The molecule has 0 saturated heterocycles. The fourth-order valence-electron chi connectivity index (χ4n) is 2.25. The molecule has 0 unspecified atom stereocenters. The lowest BCUT2D eigenvalue weighted by Crippen LogP contribution is -2.48. The summed E-state index contributed by atoms with van der Waals surface area (Å²) in [4.78, 5) is 25.9. The van der Waals surface area contributed by atoms with Crippen LogP contribution in [0, 0.1) is 0 Å². The molecule has 0 bridgehead atoms. The van der Waals surface area contributed by atoms with Gasteiger partial charge in [-0.05, 0) is 25.1 Å². The van der Waals surface area contributed by atoms with E-state index in [1.807, 2.05) is 72.6 Å². The van der Waals surface area contributed by atoms with Crippen molar-refractivity contribution in [1.29, 1.82) is 0 Å². The van der Waals surface area contributed by atoms with Crippen molar-refractivity contribution in [2.75, 3.05) is 7.05 Å². The Kier molecular flexibility index (Phi) is 6.51. The number of benzene rings is 2. The number of hydrogen-bond donors (Lipinski definition) is 2. The van der Waals surface area contributed by atoms with Crippen LogP contribution in [-0.4, -0.2) is 29.9 Å². The number of imide groups is 1. The van der Waals surface area contributed by atoms with E-state index in [1.165, 1.54) is 0 Å². The van der Waals surface area contributed by atoms with E-state index in [9.17, 15) is 9.59 Å². The van der Waals surface area contributed by atoms with E-state index in [0.29, 0.717) is 13.1 Å². The van der Waals surface area contributed by atoms with Gasteiger partial charge in [-0.1, -0.05) is 60.7 Å². The first-order valence-corrected chi connectivity index (χ1v) is 7.93. The summed E-state index contributed by atoms with van der Waals surface area (Å²) in [5.74, 6) is -0.320. The lowest BCUT2D eigenvalue weighted by atomic mass is 10.2. The molecule has 0 radical (unpaired) electrons. The molecule has 5 nitrogen and oxygen atoms in total. The quantitative estimate of drug-likeness (QED) is 0.858. The molecule has 2 rings (SSSR count). The van der Waals surface area contributed by atoms with Gasteiger partial charge >= 0.3 is 6.03 Å². The molecule has 0 heterocycles. The van der Waals surface area contributed by atoms with E-state index >= 15 is 0 Å². The van der Waals surface area contributed by atoms with E-state index in [0.717, 1.165) is 11.1 Å². The van der Waals surface area contributed by atoms with Gasteiger partial charge in [-0.15, -0.1) is 0 Å². The minimum absolute atomic E-state index is 0.320. The highest BCUT2D eigenvalue weighted by atomic mass is 16.2. The molecular weight excluding hydrogens is 302 g/mol. The maximum atomic E-state index is 12.2. The second-order valence-corrected chi connectivity index (χ2v) is 5.73. The Hall–Kier alpha value is -2.66. The zero-order valence-corrected chi connectivity index (χ0v) is 14.0. The van der Waals surface area contributed by atoms with Crippen molar-refractivity contribution in [2.45, 2.75) is 26.1 Å². The lowest BCUT2D eigenvalue weighted by molar-refractivity contribution is -0.124. The third-order valence-electron chi connectivity index (χ3n) is 3.85. The van der Waals surface area contributed by atoms with Gasteiger partial charge in [-0.25, -0.2) is 4.79 Å². The Morgan fingerprint density at radius 3 is 2.08 bits per heavy atom. The van der Waals surface area contributed by atoms with Crippen LogP contribution in [0.2, 0.25) is 0 Å². The largest absolute Gasteiger partial charge is 0.334 e. The Morgan fingerprint density at radius 2 is 1.50 bits per heavy atom. The summed E-state index contributed by atoms with van der Waals surface area (Å²) in [5.41, 5.74) is 2.10. The molecule has 126 valence electrons. The smallest absolute Gasteiger partial charge is 0.321 e. The summed E-state index contributed by atoms with van der Waals surface area (Å²) >= 11 is 0. The number of urea groups is 1. The highest BCUT2D eigenvalue weighted by Gasteiger charge is 2.20. The molecule has 5 heteroatoms. The monoisotopic (exact) mass is 325 g/mol. The average molecular weight is 325 g/mol. The predicted octanol–water partition coefficient (Wildman–Crippen LogP) is 2.53. The summed E-state index contributed by atoms with van der Waals surface area (Å²) in [5, 5.41) is 5.07. The average Bonchev–Trinajstić information content (AvgIpc) is 2.61. The molecule has 2 aromatic carbocycles. The fraction of sp³-hybridized carbons (Fsp3) is 0.263. The Labute approximate surface area is 142 Å². The van der Waals surface area contributed by atoms with Gasteiger partial charge < -0.3 is 5.32 Å². The highest BCUT2D eigenvalue weighted by molar-refractivity contribution is 5.96. The van der Waals surface area contributed by atoms with Crippen molar-refractivity contribution in [3.05, 3.63) is 71.8 Å². The van der Waals surface area contributed by atoms with Crippen LogP contribution in [0.3, 0.4) is 0 Å². The van der Waals surface area contributed by atoms with Crippen molar-refractivity contribution >= 4 is 11.9 Å². The molecule has 2 N–H and O–H groups in total. The number of nitrogens with one attached hydrogen (secondary N) is 2. The van der Waals surface area contributed by atoms with Gasteiger partial charge in [0.2, 0.25) is 5.91 Å². The summed E-state index contributed by atoms with van der Waals surface area (Å²) in [7, 11) is 1.86. The maximum Gasteiger partial charge on any atom is 0.321 e. The molecule has 3 amide bonds. The SMILES string of the molecule is C[C@H](C(=O)NC(=O)NCc1ccccc1)N(C)Cc1ccccc1. The fourth-order valence-corrected chi connectivity index (χ4v) is 2.25. The molecule has 0 spiro atoms. The van der Waals surface area contributed by atoms with Crippen molar-refractivity contribution in [2.24, 2.45) is 0 Å². The molecule has 0 aliphatic carbocycles. The minimum atomic E-state index is -0.483. The molecule has 0 aliphatic heterocycles. The summed E-state index contributed by atoms with van der Waals surface area (Å²) in [6, 6.07) is 18.6. The van der Waals surface area contributed by atoms with Gasteiger partial charge in [-0.2, -0.15) is 0 Å². The molecule has 1 atom stereocenters. The topological polar surface area (TPSA) is 61.4 Å². The highest BCUT2D eigenvalue weighted by Crippen LogP contribution is 2.06. The first kappa shape index (κ1) is 17.7. The van der Waals surface area contributed by atoms with Crippen LogP contribution in [0.25, 0.3) is 0 Å². The Bertz CT molecular complexity index is 659. The third kappa shape index (κ3) is 5.52. The third-order valence-corrected chi connectivity index (χ3v) is 3.85. The standard InChI is InChI=1S/C19H23N3O2/c1-15(22(2)14-17-11-7-4-8-12-17)18(23)21-19(24)20-13-16-9-5-3-6-10-16/h3-12,15H,13-14H2,1-2H3,(H2,20,21,23,24)/t15-/m1/s1. The summed E-state index contributed by atoms with van der Waals surface area (Å²) < 4.78 is 0. The van der Waals surface area contributed by atoms with Crippen molar-refractivity contribution in [3.63, 3.8) is 0 Å². The van der Waals surface area contributed by atoms with Gasteiger partial charge in [0.25, 0.3) is 0 Å². The molecule has 0 aromatic heterocycles. The minimum Gasteiger partial charge on any atom is -0.334 e. The first-order chi connectivity index (χ1) is 11.6. The van der Waals surface area contributed by atoms with Gasteiger partial charge in [0.15, 0.2) is 0 Å². The number of carbonyl (C=O) groups is 2. The van der Waals surface area contributed by atoms with Crippen LogP contribution in [-0.2, 0) is 17.9 Å². The van der Waals surface area contributed by atoms with Gasteiger partial charge in [0.1, 0.15) is 0 Å². The van der Waals surface area contributed by atoms with Gasteiger partial charge in [0, 0.05) is 13.1 Å². The van der Waals surface area contributed by atoms with E-state index in [2.05, 4.69) is 10.6 Å². The first-order valence-electron chi connectivity index (χ1n) is 7.93. The zero-order valence-electron chi connectivity index (χ0n) is 14.0. The summed E-state index contributed by atoms with van der Waals surface area (Å²) in [6.45, 7) is 2.80. The van der Waals surface area contributed by atoms with E-state index < -0.39 is 12.1 Å². The number of nitrogens with zero attached hydrogens (tertiary/aromatic N) is 1. The normalized spacial score (nSPS) is 11.8. The Balaban J connectivity index is 1.78. The lowest BCUT2D eigenvalue weighted by Gasteiger charge is -2.23. The van der Waals surface area contributed by atoms with Crippen LogP contribution < -0.4 is 10.6 Å². The van der Waals surface area contributed by atoms with Crippen LogP contribution >= 0.6 is 0 Å². The van der Waals surface area contributed by atoms with E-state index in [-0.39, 0.29) is 5.91 Å². The number of rotatable bonds is 6. The number of likely N-dealkylation sites (N-methyl/N-ethyl adjacent to an activating group) is 1. The second kappa shape index (κ2) is 8.84. The maximum absolute atomic E-state index is 12.2. The molecular formula is C19H23N3O2. The van der Waals surface area contributed by atoms with Crippen LogP contribution in [0.1, 0.15) is 18.1 Å². The second-order valence-electron chi connectivity index (χ2n) is 5.73. The number of amides is 3. The van der Waals surface area contributed by atoms with Crippen molar-refractivity contribution < 1.29 is 9.59 Å². The predicted molar refractivity (Wildman–Crippen MR) is 94.2 cm³/mol. The van der Waals surface area contributed by atoms with Crippen molar-refractivity contribution in [3.8, 4) is 0 Å². The van der Waals surface area contributed by atoms with Crippen LogP contribution in [0.4, 0.5) is 4.79 Å². The van der Waals surface area contributed by atoms with Gasteiger partial charge in [0.05, 0.1) is 6.04 Å². The number of carbonyl (C=O) groups excluding carboxylic acids is 2. The molecule has 0 aliphatic rings. The summed E-state index contributed by atoms with van der Waals surface area (Å²) in [6.07, 6.45) is 0. The Morgan fingerprint density at radius 1 is 0.958 bits per heavy atom. The van der Waals surface area contributed by atoms with E-state index in [1.54, 1.807) is 6.92 Å².